The van der Waals surface area contributed by atoms with Crippen LogP contribution in [0.15, 0.2) is 36.7 Å². The summed E-state index contributed by atoms with van der Waals surface area (Å²) in [6.45, 7) is 4.67. The van der Waals surface area contributed by atoms with Crippen molar-refractivity contribution in [3.05, 3.63) is 42.2 Å². The number of piperidine rings is 1. The quantitative estimate of drug-likeness (QED) is 0.641. The van der Waals surface area contributed by atoms with Gasteiger partial charge in [0.15, 0.2) is 0 Å². The van der Waals surface area contributed by atoms with E-state index in [1.807, 2.05) is 30.3 Å². The van der Waals surface area contributed by atoms with Crippen LogP contribution in [-0.2, 0) is 22.7 Å². The van der Waals surface area contributed by atoms with Crippen molar-refractivity contribution < 1.29 is 9.59 Å². The summed E-state index contributed by atoms with van der Waals surface area (Å²) < 4.78 is 1.42. The topological polar surface area (TPSA) is 101 Å². The van der Waals surface area contributed by atoms with Crippen LogP contribution in [0.5, 0.6) is 0 Å². The highest BCUT2D eigenvalue weighted by Gasteiger charge is 2.22. The molecule has 0 bridgehead atoms. The highest BCUT2D eigenvalue weighted by molar-refractivity contribution is 5.89. The first-order chi connectivity index (χ1) is 13.6. The first kappa shape index (κ1) is 20.0. The molecule has 8 nitrogen and oxygen atoms in total. The molecule has 1 aromatic carbocycles. The SMILES string of the molecule is CC(CC(=O)Nc1ncn(CC(=O)NCc2ccccc2)n1)C1CCCNC1. The fourth-order valence-electron chi connectivity index (χ4n) is 3.43. The Bertz CT molecular complexity index is 770. The molecule has 1 saturated heterocycles. The number of carbonyl (C=O) groups is 2. The Hall–Kier alpha value is -2.74. The molecule has 0 spiro atoms. The molecule has 8 heteroatoms. The van der Waals surface area contributed by atoms with E-state index < -0.39 is 0 Å². The summed E-state index contributed by atoms with van der Waals surface area (Å²) in [5.41, 5.74) is 1.03. The Labute approximate surface area is 165 Å². The van der Waals surface area contributed by atoms with Gasteiger partial charge in [0.1, 0.15) is 12.9 Å². The largest absolute Gasteiger partial charge is 0.350 e. The van der Waals surface area contributed by atoms with Crippen LogP contribution in [0.2, 0.25) is 0 Å². The van der Waals surface area contributed by atoms with Crippen LogP contribution < -0.4 is 16.0 Å². The molecular weight excluding hydrogens is 356 g/mol. The molecule has 2 atom stereocenters. The molecule has 1 aliphatic rings. The van der Waals surface area contributed by atoms with Gasteiger partial charge in [0.05, 0.1) is 0 Å². The Kier molecular flexibility index (Phi) is 7.13. The molecule has 28 heavy (non-hydrogen) atoms. The summed E-state index contributed by atoms with van der Waals surface area (Å²) in [7, 11) is 0. The van der Waals surface area contributed by atoms with E-state index in [9.17, 15) is 9.59 Å². The predicted molar refractivity (Wildman–Crippen MR) is 106 cm³/mol. The van der Waals surface area contributed by atoms with E-state index in [0.29, 0.717) is 24.8 Å². The first-order valence-corrected chi connectivity index (χ1v) is 9.81. The number of nitrogens with one attached hydrogen (secondary N) is 3. The molecule has 3 rings (SSSR count). The Balaban J connectivity index is 1.41. The maximum Gasteiger partial charge on any atom is 0.248 e. The van der Waals surface area contributed by atoms with E-state index in [0.717, 1.165) is 31.5 Å². The second-order valence-electron chi connectivity index (χ2n) is 7.36. The second kappa shape index (κ2) is 9.98. The van der Waals surface area contributed by atoms with Crippen molar-refractivity contribution in [2.24, 2.45) is 11.8 Å². The molecule has 2 aromatic rings. The number of anilines is 1. The van der Waals surface area contributed by atoms with Crippen LogP contribution in [0.3, 0.4) is 0 Å². The number of carbonyl (C=O) groups excluding carboxylic acids is 2. The highest BCUT2D eigenvalue weighted by atomic mass is 16.2. The summed E-state index contributed by atoms with van der Waals surface area (Å²) in [5.74, 6) is 0.807. The molecule has 1 aliphatic heterocycles. The van der Waals surface area contributed by atoms with Crippen LogP contribution in [-0.4, -0.2) is 39.7 Å². The number of hydrogen-bond donors (Lipinski definition) is 3. The molecule has 0 radical (unpaired) electrons. The predicted octanol–water partition coefficient (Wildman–Crippen LogP) is 1.56. The number of hydrogen-bond acceptors (Lipinski definition) is 5. The van der Waals surface area contributed by atoms with Gasteiger partial charge in [0.2, 0.25) is 17.8 Å². The lowest BCUT2D eigenvalue weighted by atomic mass is 9.85. The van der Waals surface area contributed by atoms with Gasteiger partial charge in [-0.2, -0.15) is 0 Å². The summed E-state index contributed by atoms with van der Waals surface area (Å²) in [6.07, 6.45) is 4.21. The standard InChI is InChI=1S/C20H28N6O2/c1-15(17-8-5-9-21-12-17)10-18(27)24-20-23-14-26(25-20)13-19(28)22-11-16-6-3-2-4-7-16/h2-4,6-7,14-15,17,21H,5,8-13H2,1H3,(H,22,28)(H,24,25,27). The zero-order valence-electron chi connectivity index (χ0n) is 16.2. The number of rotatable bonds is 8. The lowest BCUT2D eigenvalue weighted by molar-refractivity contribution is -0.122. The molecule has 2 heterocycles. The number of nitrogens with zero attached hydrogens (tertiary/aromatic N) is 3. The van der Waals surface area contributed by atoms with E-state index in [4.69, 9.17) is 0 Å². The Morgan fingerprint density at radius 1 is 1.29 bits per heavy atom. The van der Waals surface area contributed by atoms with Crippen molar-refractivity contribution in [1.29, 1.82) is 0 Å². The van der Waals surface area contributed by atoms with Crippen molar-refractivity contribution >= 4 is 17.8 Å². The van der Waals surface area contributed by atoms with Crippen LogP contribution in [0.4, 0.5) is 5.95 Å². The molecule has 1 fully saturated rings. The molecule has 3 N–H and O–H groups in total. The zero-order chi connectivity index (χ0) is 19.8. The maximum absolute atomic E-state index is 12.3. The second-order valence-corrected chi connectivity index (χ2v) is 7.36. The third kappa shape index (κ3) is 6.16. The van der Waals surface area contributed by atoms with Gasteiger partial charge in [-0.1, -0.05) is 37.3 Å². The lowest BCUT2D eigenvalue weighted by Gasteiger charge is -2.27. The average Bonchev–Trinajstić information content (AvgIpc) is 3.14. The van der Waals surface area contributed by atoms with Crippen molar-refractivity contribution in [3.63, 3.8) is 0 Å². The van der Waals surface area contributed by atoms with Gasteiger partial charge in [-0.15, -0.1) is 5.10 Å². The molecule has 150 valence electrons. The Morgan fingerprint density at radius 3 is 2.86 bits per heavy atom. The molecule has 0 saturated carbocycles. The van der Waals surface area contributed by atoms with Crippen LogP contribution in [0.1, 0.15) is 31.7 Å². The monoisotopic (exact) mass is 384 g/mol. The van der Waals surface area contributed by atoms with Crippen LogP contribution in [0.25, 0.3) is 0 Å². The molecule has 2 amide bonds. The summed E-state index contributed by atoms with van der Waals surface area (Å²) >= 11 is 0. The minimum Gasteiger partial charge on any atom is -0.350 e. The first-order valence-electron chi connectivity index (χ1n) is 9.81. The number of benzene rings is 1. The molecule has 2 unspecified atom stereocenters. The van der Waals surface area contributed by atoms with E-state index in [1.165, 1.54) is 11.0 Å². The van der Waals surface area contributed by atoms with Gasteiger partial charge in [0.25, 0.3) is 0 Å². The summed E-state index contributed by atoms with van der Waals surface area (Å²) in [4.78, 5) is 28.4. The molecule has 1 aromatic heterocycles. The van der Waals surface area contributed by atoms with Crippen molar-refractivity contribution in [2.75, 3.05) is 18.4 Å². The fourth-order valence-corrected chi connectivity index (χ4v) is 3.43. The van der Waals surface area contributed by atoms with Crippen molar-refractivity contribution in [2.45, 2.75) is 39.3 Å². The van der Waals surface area contributed by atoms with Gasteiger partial charge in [-0.25, -0.2) is 9.67 Å². The molecule has 0 aliphatic carbocycles. The zero-order valence-corrected chi connectivity index (χ0v) is 16.2. The fraction of sp³-hybridized carbons (Fsp3) is 0.500. The number of amides is 2. The minimum atomic E-state index is -0.162. The van der Waals surface area contributed by atoms with Crippen LogP contribution in [0, 0.1) is 11.8 Å². The minimum absolute atomic E-state index is 0.0554. The third-order valence-electron chi connectivity index (χ3n) is 5.07. The van der Waals surface area contributed by atoms with Gasteiger partial charge in [-0.05, 0) is 43.3 Å². The normalized spacial score (nSPS) is 17.7. The van der Waals surface area contributed by atoms with Gasteiger partial charge < -0.3 is 10.6 Å². The van der Waals surface area contributed by atoms with Crippen molar-refractivity contribution in [1.82, 2.24) is 25.4 Å². The maximum atomic E-state index is 12.3. The van der Waals surface area contributed by atoms with Gasteiger partial charge in [0, 0.05) is 13.0 Å². The van der Waals surface area contributed by atoms with E-state index in [1.54, 1.807) is 0 Å². The van der Waals surface area contributed by atoms with Crippen LogP contribution >= 0.6 is 0 Å². The third-order valence-corrected chi connectivity index (χ3v) is 5.07. The average molecular weight is 384 g/mol. The van der Waals surface area contributed by atoms with E-state index in [2.05, 4.69) is 33.0 Å². The smallest absolute Gasteiger partial charge is 0.248 e. The van der Waals surface area contributed by atoms with Crippen molar-refractivity contribution in [3.8, 4) is 0 Å². The van der Waals surface area contributed by atoms with Gasteiger partial charge >= 0.3 is 0 Å². The summed E-state index contributed by atoms with van der Waals surface area (Å²) in [6, 6.07) is 9.70. The van der Waals surface area contributed by atoms with Gasteiger partial charge in [-0.3, -0.25) is 14.9 Å². The Morgan fingerprint density at radius 2 is 2.11 bits per heavy atom. The van der Waals surface area contributed by atoms with E-state index >= 15 is 0 Å². The molecular formula is C20H28N6O2. The van der Waals surface area contributed by atoms with E-state index in [-0.39, 0.29) is 24.3 Å². The number of aromatic nitrogens is 3. The highest BCUT2D eigenvalue weighted by Crippen LogP contribution is 2.22. The lowest BCUT2D eigenvalue weighted by Crippen LogP contribution is -2.34. The summed E-state index contributed by atoms with van der Waals surface area (Å²) in [5, 5.41) is 13.1.